The van der Waals surface area contributed by atoms with Gasteiger partial charge in [-0.05, 0) is 44.4 Å². The van der Waals surface area contributed by atoms with Gasteiger partial charge in [0, 0.05) is 64.4 Å². The predicted molar refractivity (Wildman–Crippen MR) is 117 cm³/mol. The molecule has 5 heteroatoms. The maximum absolute atomic E-state index is 12.9. The number of hydrogen-bond donors (Lipinski definition) is 0. The van der Waals surface area contributed by atoms with Crippen LogP contribution in [0.5, 0.6) is 0 Å². The number of rotatable bonds is 4. The Morgan fingerprint density at radius 1 is 0.966 bits per heavy atom. The summed E-state index contributed by atoms with van der Waals surface area (Å²) in [5, 5.41) is 0. The Hall–Kier alpha value is -0.650. The number of hydrogen-bond acceptors (Lipinski definition) is 4. The van der Waals surface area contributed by atoms with Crippen LogP contribution in [0.25, 0.3) is 0 Å². The fourth-order valence-corrected chi connectivity index (χ4v) is 6.23. The van der Waals surface area contributed by atoms with Crippen molar-refractivity contribution >= 4 is 5.91 Å². The van der Waals surface area contributed by atoms with Crippen molar-refractivity contribution in [3.05, 3.63) is 0 Å². The van der Waals surface area contributed by atoms with E-state index in [0.717, 1.165) is 51.3 Å². The van der Waals surface area contributed by atoms with Gasteiger partial charge in [-0.2, -0.15) is 0 Å². The lowest BCUT2D eigenvalue weighted by Gasteiger charge is -2.50. The molecule has 1 atom stereocenters. The van der Waals surface area contributed by atoms with Crippen LogP contribution in [0, 0.1) is 11.8 Å². The number of carbonyl (C=O) groups is 1. The molecule has 5 nitrogen and oxygen atoms in total. The van der Waals surface area contributed by atoms with Crippen molar-refractivity contribution < 1.29 is 9.53 Å². The standard InChI is InChI=1S/C24H43N3O2/c1-20(2)19-25-13-15-26(16-14-25)22-8-17-29-24(18-22)9-11-27(12-10-24)23(28)21-6-4-3-5-7-21/h20-22H,3-19H2,1-2H3/t22-/m1/s1. The Balaban J connectivity index is 1.26. The van der Waals surface area contributed by atoms with Crippen LogP contribution in [0.2, 0.25) is 0 Å². The molecule has 1 saturated carbocycles. The number of piperazine rings is 1. The van der Waals surface area contributed by atoms with E-state index in [-0.39, 0.29) is 5.60 Å². The zero-order chi connectivity index (χ0) is 20.3. The summed E-state index contributed by atoms with van der Waals surface area (Å²) in [7, 11) is 0. The molecule has 4 rings (SSSR count). The Morgan fingerprint density at radius 2 is 1.66 bits per heavy atom. The normalized spacial score (nSPS) is 30.2. The number of likely N-dealkylation sites (tertiary alicyclic amines) is 1. The monoisotopic (exact) mass is 405 g/mol. The third-order valence-corrected chi connectivity index (χ3v) is 7.95. The summed E-state index contributed by atoms with van der Waals surface area (Å²) >= 11 is 0. The molecule has 1 spiro atoms. The van der Waals surface area contributed by atoms with Gasteiger partial charge in [-0.15, -0.1) is 0 Å². The van der Waals surface area contributed by atoms with Gasteiger partial charge in [0.2, 0.25) is 5.91 Å². The van der Waals surface area contributed by atoms with Crippen LogP contribution >= 0.6 is 0 Å². The maximum Gasteiger partial charge on any atom is 0.225 e. The van der Waals surface area contributed by atoms with Crippen molar-refractivity contribution in [1.82, 2.24) is 14.7 Å². The Labute approximate surface area is 178 Å². The van der Waals surface area contributed by atoms with Crippen LogP contribution in [0.1, 0.15) is 71.6 Å². The van der Waals surface area contributed by atoms with E-state index in [0.29, 0.717) is 17.9 Å². The minimum atomic E-state index is 0.0291. The van der Waals surface area contributed by atoms with Crippen LogP contribution in [-0.4, -0.2) is 84.7 Å². The van der Waals surface area contributed by atoms with Gasteiger partial charge in [0.05, 0.1) is 5.60 Å². The molecule has 0 aromatic carbocycles. The SMILES string of the molecule is CC(C)CN1CCN([C@@H]2CCOC3(CCN(C(=O)C4CCCCC4)CC3)C2)CC1. The lowest BCUT2D eigenvalue weighted by Crippen LogP contribution is -2.58. The van der Waals surface area contributed by atoms with Crippen LogP contribution in [0.15, 0.2) is 0 Å². The van der Waals surface area contributed by atoms with Crippen molar-refractivity contribution in [2.45, 2.75) is 83.3 Å². The van der Waals surface area contributed by atoms with Gasteiger partial charge in [0.1, 0.15) is 0 Å². The van der Waals surface area contributed by atoms with Crippen molar-refractivity contribution in [3.63, 3.8) is 0 Å². The minimum Gasteiger partial charge on any atom is -0.375 e. The van der Waals surface area contributed by atoms with Crippen molar-refractivity contribution in [2.75, 3.05) is 52.4 Å². The second-order valence-corrected chi connectivity index (χ2v) is 10.6. The summed E-state index contributed by atoms with van der Waals surface area (Å²) in [6.07, 6.45) is 10.4. The molecule has 0 radical (unpaired) electrons. The molecule has 0 aromatic rings. The molecule has 29 heavy (non-hydrogen) atoms. The van der Waals surface area contributed by atoms with E-state index < -0.39 is 0 Å². The van der Waals surface area contributed by atoms with Crippen LogP contribution < -0.4 is 0 Å². The van der Waals surface area contributed by atoms with E-state index in [9.17, 15) is 4.79 Å². The highest BCUT2D eigenvalue weighted by Gasteiger charge is 2.43. The highest BCUT2D eigenvalue weighted by atomic mass is 16.5. The van der Waals surface area contributed by atoms with Gasteiger partial charge in [-0.1, -0.05) is 33.1 Å². The molecule has 1 amide bonds. The second-order valence-electron chi connectivity index (χ2n) is 10.6. The largest absolute Gasteiger partial charge is 0.375 e. The molecule has 0 aromatic heterocycles. The molecular weight excluding hydrogens is 362 g/mol. The van der Waals surface area contributed by atoms with E-state index >= 15 is 0 Å². The number of ether oxygens (including phenoxy) is 1. The molecule has 1 aliphatic carbocycles. The zero-order valence-electron chi connectivity index (χ0n) is 18.9. The summed E-state index contributed by atoms with van der Waals surface area (Å²) < 4.78 is 6.40. The Morgan fingerprint density at radius 3 is 2.31 bits per heavy atom. The molecule has 3 saturated heterocycles. The topological polar surface area (TPSA) is 36.0 Å². The van der Waals surface area contributed by atoms with Gasteiger partial charge in [0.25, 0.3) is 0 Å². The number of nitrogens with zero attached hydrogens (tertiary/aromatic N) is 3. The third-order valence-electron chi connectivity index (χ3n) is 7.95. The summed E-state index contributed by atoms with van der Waals surface area (Å²) in [5.41, 5.74) is 0.0291. The Bertz CT molecular complexity index is 530. The first-order valence-corrected chi connectivity index (χ1v) is 12.4. The fourth-order valence-electron chi connectivity index (χ4n) is 6.23. The number of piperidine rings is 1. The highest BCUT2D eigenvalue weighted by Crippen LogP contribution is 2.38. The van der Waals surface area contributed by atoms with Crippen molar-refractivity contribution in [3.8, 4) is 0 Å². The second kappa shape index (κ2) is 9.65. The molecule has 4 aliphatic rings. The van der Waals surface area contributed by atoms with Gasteiger partial charge in [0.15, 0.2) is 0 Å². The molecule has 0 bridgehead atoms. The van der Waals surface area contributed by atoms with E-state index in [4.69, 9.17) is 4.74 Å². The molecule has 0 unspecified atom stereocenters. The highest BCUT2D eigenvalue weighted by molar-refractivity contribution is 5.79. The number of carbonyl (C=O) groups excluding carboxylic acids is 1. The summed E-state index contributed by atoms with van der Waals surface area (Å²) in [5.74, 6) is 1.50. The van der Waals surface area contributed by atoms with Gasteiger partial charge >= 0.3 is 0 Å². The van der Waals surface area contributed by atoms with Gasteiger partial charge in [-0.25, -0.2) is 0 Å². The molecule has 4 fully saturated rings. The van der Waals surface area contributed by atoms with Crippen LogP contribution in [-0.2, 0) is 9.53 Å². The molecular formula is C24H43N3O2. The minimum absolute atomic E-state index is 0.0291. The van der Waals surface area contributed by atoms with E-state index in [1.165, 1.54) is 64.8 Å². The van der Waals surface area contributed by atoms with E-state index in [1.54, 1.807) is 0 Å². The predicted octanol–water partition coefficient (Wildman–Crippen LogP) is 3.38. The Kier molecular flexibility index (Phi) is 7.18. The van der Waals surface area contributed by atoms with Crippen molar-refractivity contribution in [2.24, 2.45) is 11.8 Å². The summed E-state index contributed by atoms with van der Waals surface area (Å²) in [6, 6.07) is 0.672. The first-order valence-electron chi connectivity index (χ1n) is 12.4. The average Bonchev–Trinajstić information content (AvgIpc) is 2.75. The van der Waals surface area contributed by atoms with Crippen LogP contribution in [0.3, 0.4) is 0 Å². The van der Waals surface area contributed by atoms with E-state index in [1.807, 2.05) is 0 Å². The average molecular weight is 406 g/mol. The maximum atomic E-state index is 12.9. The van der Waals surface area contributed by atoms with Gasteiger partial charge in [-0.3, -0.25) is 9.69 Å². The first-order chi connectivity index (χ1) is 14.0. The van der Waals surface area contributed by atoms with Crippen molar-refractivity contribution in [1.29, 1.82) is 0 Å². The lowest BCUT2D eigenvalue weighted by atomic mass is 9.81. The van der Waals surface area contributed by atoms with Gasteiger partial charge < -0.3 is 14.5 Å². The summed E-state index contributed by atoms with van der Waals surface area (Å²) in [6.45, 7) is 13.4. The zero-order valence-corrected chi connectivity index (χ0v) is 18.9. The molecule has 0 N–H and O–H groups in total. The number of amides is 1. The van der Waals surface area contributed by atoms with E-state index in [2.05, 4.69) is 28.5 Å². The summed E-state index contributed by atoms with van der Waals surface area (Å²) in [4.78, 5) is 20.4. The quantitative estimate of drug-likeness (QED) is 0.718. The van der Waals surface area contributed by atoms with Crippen LogP contribution in [0.4, 0.5) is 0 Å². The molecule has 3 heterocycles. The molecule has 3 aliphatic heterocycles. The fraction of sp³-hybridized carbons (Fsp3) is 0.958. The third kappa shape index (κ3) is 5.34. The molecule has 166 valence electrons. The smallest absolute Gasteiger partial charge is 0.225 e. The lowest BCUT2D eigenvalue weighted by molar-refractivity contribution is -0.153. The first kappa shape index (κ1) is 21.6.